The predicted molar refractivity (Wildman–Crippen MR) is 81.0 cm³/mol. The second kappa shape index (κ2) is 8.15. The number of rotatable bonds is 4. The maximum absolute atomic E-state index is 12.3. The molecule has 0 radical (unpaired) electrons. The van der Waals surface area contributed by atoms with E-state index >= 15 is 0 Å². The van der Waals surface area contributed by atoms with E-state index in [1.165, 1.54) is 0 Å². The summed E-state index contributed by atoms with van der Waals surface area (Å²) in [6.07, 6.45) is 4.81. The van der Waals surface area contributed by atoms with Gasteiger partial charge in [-0.2, -0.15) is 0 Å². The Morgan fingerprint density at radius 1 is 1.14 bits per heavy atom. The van der Waals surface area contributed by atoms with Crippen LogP contribution in [0.15, 0.2) is 0 Å². The van der Waals surface area contributed by atoms with Crippen molar-refractivity contribution in [1.82, 2.24) is 9.80 Å². The molecule has 0 N–H and O–H groups in total. The first-order valence-corrected chi connectivity index (χ1v) is 8.34. The van der Waals surface area contributed by atoms with Gasteiger partial charge in [-0.1, -0.05) is 6.42 Å². The van der Waals surface area contributed by atoms with E-state index in [-0.39, 0.29) is 30.2 Å². The highest BCUT2D eigenvalue weighted by atomic mass is 16.5. The largest absolute Gasteiger partial charge is 0.466 e. The summed E-state index contributed by atoms with van der Waals surface area (Å²) < 4.78 is 5.03. The van der Waals surface area contributed by atoms with Gasteiger partial charge in [-0.25, -0.2) is 0 Å². The number of piperidine rings is 1. The van der Waals surface area contributed by atoms with Crippen LogP contribution in [0.1, 0.15) is 45.4 Å². The van der Waals surface area contributed by atoms with E-state index in [9.17, 15) is 14.4 Å². The topological polar surface area (TPSA) is 66.9 Å². The normalized spacial score (nSPS) is 20.7. The Bertz CT molecular complexity index is 416. The van der Waals surface area contributed by atoms with Crippen LogP contribution in [0.4, 0.5) is 0 Å². The number of esters is 1. The van der Waals surface area contributed by atoms with Crippen molar-refractivity contribution in [3.63, 3.8) is 0 Å². The van der Waals surface area contributed by atoms with Gasteiger partial charge in [0.2, 0.25) is 11.8 Å². The number of ether oxygens (including phenoxy) is 1. The van der Waals surface area contributed by atoms with Crippen molar-refractivity contribution in [2.45, 2.75) is 45.4 Å². The van der Waals surface area contributed by atoms with Gasteiger partial charge in [0, 0.05) is 26.1 Å². The summed E-state index contributed by atoms with van der Waals surface area (Å²) in [6, 6.07) is 0. The first-order chi connectivity index (χ1) is 10.6. The first kappa shape index (κ1) is 16.8. The Kier molecular flexibility index (Phi) is 6.21. The summed E-state index contributed by atoms with van der Waals surface area (Å²) in [7, 11) is 0. The Hall–Kier alpha value is -1.59. The summed E-state index contributed by atoms with van der Waals surface area (Å²) >= 11 is 0. The van der Waals surface area contributed by atoms with Crippen LogP contribution in [-0.2, 0) is 19.1 Å². The van der Waals surface area contributed by atoms with Crippen molar-refractivity contribution in [3.05, 3.63) is 0 Å². The van der Waals surface area contributed by atoms with Crippen molar-refractivity contribution in [2.24, 2.45) is 5.92 Å². The van der Waals surface area contributed by atoms with E-state index in [1.807, 2.05) is 0 Å². The second-order valence-electron chi connectivity index (χ2n) is 6.03. The van der Waals surface area contributed by atoms with E-state index < -0.39 is 0 Å². The first-order valence-electron chi connectivity index (χ1n) is 8.34. The lowest BCUT2D eigenvalue weighted by molar-refractivity contribution is -0.151. The van der Waals surface area contributed by atoms with Crippen molar-refractivity contribution < 1.29 is 19.1 Å². The molecule has 0 aromatic carbocycles. The lowest BCUT2D eigenvalue weighted by Gasteiger charge is -2.32. The van der Waals surface area contributed by atoms with Gasteiger partial charge in [0.15, 0.2) is 0 Å². The van der Waals surface area contributed by atoms with E-state index in [4.69, 9.17) is 4.74 Å². The highest BCUT2D eigenvalue weighted by Crippen LogP contribution is 2.19. The van der Waals surface area contributed by atoms with Crippen molar-refractivity contribution in [3.8, 4) is 0 Å². The third-order valence-electron chi connectivity index (χ3n) is 4.47. The SMILES string of the molecule is CCOC(=O)C1CCN(C(=O)CN2CCCCCC2=O)CC1. The summed E-state index contributed by atoms with van der Waals surface area (Å²) in [5.74, 6) is -0.161. The molecule has 0 aromatic rings. The van der Waals surface area contributed by atoms with Gasteiger partial charge in [0.1, 0.15) is 0 Å². The average molecular weight is 310 g/mol. The molecule has 6 nitrogen and oxygen atoms in total. The molecule has 0 saturated carbocycles. The molecule has 2 amide bonds. The van der Waals surface area contributed by atoms with Crippen molar-refractivity contribution in [1.29, 1.82) is 0 Å². The molecule has 2 heterocycles. The third kappa shape index (κ3) is 4.45. The van der Waals surface area contributed by atoms with Crippen LogP contribution in [0.2, 0.25) is 0 Å². The predicted octanol–water partition coefficient (Wildman–Crippen LogP) is 1.19. The lowest BCUT2D eigenvalue weighted by atomic mass is 9.97. The molecule has 6 heteroatoms. The van der Waals surface area contributed by atoms with E-state index in [1.54, 1.807) is 16.7 Å². The maximum Gasteiger partial charge on any atom is 0.309 e. The number of hydrogen-bond donors (Lipinski definition) is 0. The van der Waals surface area contributed by atoms with Gasteiger partial charge in [-0.05, 0) is 32.6 Å². The van der Waals surface area contributed by atoms with Gasteiger partial charge < -0.3 is 14.5 Å². The number of hydrogen-bond acceptors (Lipinski definition) is 4. The fourth-order valence-electron chi connectivity index (χ4n) is 3.09. The van der Waals surface area contributed by atoms with Crippen LogP contribution >= 0.6 is 0 Å². The Morgan fingerprint density at radius 2 is 1.86 bits per heavy atom. The number of carbonyl (C=O) groups is 3. The molecule has 0 aliphatic carbocycles. The lowest BCUT2D eigenvalue weighted by Crippen LogP contribution is -2.46. The fourth-order valence-corrected chi connectivity index (χ4v) is 3.09. The quantitative estimate of drug-likeness (QED) is 0.732. The molecule has 22 heavy (non-hydrogen) atoms. The molecular weight excluding hydrogens is 284 g/mol. The van der Waals surface area contributed by atoms with Gasteiger partial charge in [0.25, 0.3) is 0 Å². The maximum atomic E-state index is 12.3. The number of carbonyl (C=O) groups excluding carboxylic acids is 3. The molecule has 0 atom stereocenters. The summed E-state index contributed by atoms with van der Waals surface area (Å²) in [5.41, 5.74) is 0. The molecule has 0 unspecified atom stereocenters. The molecular formula is C16H26N2O4. The Balaban J connectivity index is 1.79. The fraction of sp³-hybridized carbons (Fsp3) is 0.812. The Labute approximate surface area is 131 Å². The van der Waals surface area contributed by atoms with Crippen LogP contribution in [0.25, 0.3) is 0 Å². The third-order valence-corrected chi connectivity index (χ3v) is 4.47. The monoisotopic (exact) mass is 310 g/mol. The van der Waals surface area contributed by atoms with E-state index in [0.29, 0.717) is 45.5 Å². The van der Waals surface area contributed by atoms with Crippen LogP contribution in [0.3, 0.4) is 0 Å². The standard InChI is InChI=1S/C16H26N2O4/c1-2-22-16(21)13-7-10-17(11-8-13)15(20)12-18-9-5-3-4-6-14(18)19/h13H,2-12H2,1H3. The van der Waals surface area contributed by atoms with Crippen LogP contribution in [0, 0.1) is 5.92 Å². The second-order valence-corrected chi connectivity index (χ2v) is 6.03. The molecule has 0 aromatic heterocycles. The van der Waals surface area contributed by atoms with Gasteiger partial charge in [-0.3, -0.25) is 14.4 Å². The van der Waals surface area contributed by atoms with Crippen LogP contribution in [0.5, 0.6) is 0 Å². The van der Waals surface area contributed by atoms with E-state index in [0.717, 1.165) is 19.3 Å². The summed E-state index contributed by atoms with van der Waals surface area (Å²) in [6.45, 7) is 4.21. The highest BCUT2D eigenvalue weighted by Gasteiger charge is 2.29. The number of nitrogens with zero attached hydrogens (tertiary/aromatic N) is 2. The molecule has 0 spiro atoms. The van der Waals surface area contributed by atoms with Crippen LogP contribution < -0.4 is 0 Å². The van der Waals surface area contributed by atoms with Gasteiger partial charge >= 0.3 is 5.97 Å². The molecule has 124 valence electrons. The molecule has 2 saturated heterocycles. The minimum absolute atomic E-state index is 0.00226. The zero-order valence-corrected chi connectivity index (χ0v) is 13.4. The number of amides is 2. The molecule has 2 aliphatic rings. The highest BCUT2D eigenvalue weighted by molar-refractivity contribution is 5.85. The molecule has 2 fully saturated rings. The zero-order chi connectivity index (χ0) is 15.9. The van der Waals surface area contributed by atoms with Gasteiger partial charge in [-0.15, -0.1) is 0 Å². The molecule has 2 rings (SSSR count). The zero-order valence-electron chi connectivity index (χ0n) is 13.4. The minimum atomic E-state index is -0.155. The van der Waals surface area contributed by atoms with Crippen molar-refractivity contribution in [2.75, 3.05) is 32.8 Å². The van der Waals surface area contributed by atoms with Crippen LogP contribution in [-0.4, -0.2) is 60.4 Å². The van der Waals surface area contributed by atoms with E-state index in [2.05, 4.69) is 0 Å². The smallest absolute Gasteiger partial charge is 0.309 e. The minimum Gasteiger partial charge on any atom is -0.466 e. The molecule has 2 aliphatic heterocycles. The summed E-state index contributed by atoms with van der Waals surface area (Å²) in [5, 5.41) is 0. The van der Waals surface area contributed by atoms with Crippen molar-refractivity contribution >= 4 is 17.8 Å². The van der Waals surface area contributed by atoms with Gasteiger partial charge in [0.05, 0.1) is 19.1 Å². The summed E-state index contributed by atoms with van der Waals surface area (Å²) in [4.78, 5) is 39.4. The average Bonchev–Trinajstić information content (AvgIpc) is 2.72. The molecule has 0 bridgehead atoms. The Morgan fingerprint density at radius 3 is 2.55 bits per heavy atom. The number of likely N-dealkylation sites (tertiary alicyclic amines) is 2.